The molecule has 150 valence electrons. The number of carbonyl (C=O) groups is 1. The van der Waals surface area contributed by atoms with Gasteiger partial charge in [0.2, 0.25) is 15.9 Å². The number of hydrogen-bond acceptors (Lipinski definition) is 3. The van der Waals surface area contributed by atoms with E-state index in [0.717, 1.165) is 16.7 Å². The highest BCUT2D eigenvalue weighted by Gasteiger charge is 2.32. The van der Waals surface area contributed by atoms with Crippen molar-refractivity contribution in [1.29, 1.82) is 0 Å². The number of benzene rings is 2. The second-order valence-corrected chi connectivity index (χ2v) is 9.72. The Labute approximate surface area is 171 Å². The van der Waals surface area contributed by atoms with Gasteiger partial charge in [-0.1, -0.05) is 23.7 Å². The van der Waals surface area contributed by atoms with Crippen molar-refractivity contribution in [3.05, 3.63) is 58.1 Å². The third-order valence-corrected chi connectivity index (χ3v) is 7.68. The molecule has 1 aliphatic heterocycles. The zero-order valence-corrected chi connectivity index (χ0v) is 17.9. The molecule has 0 spiro atoms. The maximum absolute atomic E-state index is 12.9. The van der Waals surface area contributed by atoms with E-state index in [0.29, 0.717) is 41.5 Å². The largest absolute Gasteiger partial charge is 0.326 e. The van der Waals surface area contributed by atoms with E-state index in [-0.39, 0.29) is 11.8 Å². The van der Waals surface area contributed by atoms with Crippen LogP contribution in [0.5, 0.6) is 0 Å². The Kier molecular flexibility index (Phi) is 6.12. The van der Waals surface area contributed by atoms with Gasteiger partial charge in [-0.2, -0.15) is 4.31 Å². The number of carbonyl (C=O) groups excluding carboxylic acids is 1. The number of halogens is 1. The fourth-order valence-electron chi connectivity index (χ4n) is 3.30. The van der Waals surface area contributed by atoms with Crippen LogP contribution in [0.2, 0.25) is 5.02 Å². The normalized spacial score (nSPS) is 16.1. The number of aryl methyl sites for hydroxylation is 3. The Balaban J connectivity index is 1.63. The molecule has 1 N–H and O–H groups in total. The number of amides is 1. The maximum atomic E-state index is 12.9. The van der Waals surface area contributed by atoms with Crippen molar-refractivity contribution in [2.75, 3.05) is 18.4 Å². The molecule has 7 heteroatoms. The number of anilines is 1. The first-order valence-electron chi connectivity index (χ1n) is 9.33. The van der Waals surface area contributed by atoms with Gasteiger partial charge in [0.05, 0.1) is 4.90 Å². The molecule has 1 heterocycles. The van der Waals surface area contributed by atoms with Gasteiger partial charge in [0.1, 0.15) is 0 Å². The van der Waals surface area contributed by atoms with Gasteiger partial charge in [0.25, 0.3) is 0 Å². The molecule has 1 aliphatic rings. The van der Waals surface area contributed by atoms with Gasteiger partial charge >= 0.3 is 0 Å². The van der Waals surface area contributed by atoms with Crippen LogP contribution in [0, 0.1) is 26.7 Å². The molecule has 0 unspecified atom stereocenters. The molecule has 0 bridgehead atoms. The Morgan fingerprint density at radius 2 is 1.64 bits per heavy atom. The molecule has 3 rings (SSSR count). The van der Waals surface area contributed by atoms with Gasteiger partial charge in [-0.3, -0.25) is 4.79 Å². The van der Waals surface area contributed by atoms with E-state index in [2.05, 4.69) is 5.32 Å². The third kappa shape index (κ3) is 4.40. The summed E-state index contributed by atoms with van der Waals surface area (Å²) in [7, 11) is -3.54. The van der Waals surface area contributed by atoms with Crippen LogP contribution in [0.4, 0.5) is 5.69 Å². The maximum Gasteiger partial charge on any atom is 0.243 e. The van der Waals surface area contributed by atoms with Crippen LogP contribution in [0.3, 0.4) is 0 Å². The van der Waals surface area contributed by atoms with Gasteiger partial charge in [-0.05, 0) is 74.6 Å². The van der Waals surface area contributed by atoms with Crippen molar-refractivity contribution in [1.82, 2.24) is 4.31 Å². The SMILES string of the molecule is Cc1ccc(S(=O)(=O)N2CCC(C(=O)Nc3ccc(C)c(Cl)c3)CC2)cc1C. The van der Waals surface area contributed by atoms with Crippen LogP contribution in [-0.4, -0.2) is 31.7 Å². The third-order valence-electron chi connectivity index (χ3n) is 5.38. The van der Waals surface area contributed by atoms with Crippen molar-refractivity contribution in [3.8, 4) is 0 Å². The predicted molar refractivity (Wildman–Crippen MR) is 112 cm³/mol. The van der Waals surface area contributed by atoms with Crippen molar-refractivity contribution >= 4 is 33.2 Å². The molecule has 0 atom stereocenters. The fourth-order valence-corrected chi connectivity index (χ4v) is 5.03. The van der Waals surface area contributed by atoms with Crippen molar-refractivity contribution in [2.45, 2.75) is 38.5 Å². The van der Waals surface area contributed by atoms with Gasteiger partial charge in [0, 0.05) is 29.7 Å². The van der Waals surface area contributed by atoms with Crippen LogP contribution in [-0.2, 0) is 14.8 Å². The van der Waals surface area contributed by atoms with Crippen molar-refractivity contribution in [3.63, 3.8) is 0 Å². The minimum Gasteiger partial charge on any atom is -0.326 e. The summed E-state index contributed by atoms with van der Waals surface area (Å²) < 4.78 is 27.3. The van der Waals surface area contributed by atoms with E-state index in [1.54, 1.807) is 18.2 Å². The number of rotatable bonds is 4. The Morgan fingerprint density at radius 1 is 1.00 bits per heavy atom. The lowest BCUT2D eigenvalue weighted by atomic mass is 9.97. The van der Waals surface area contributed by atoms with Crippen molar-refractivity contribution < 1.29 is 13.2 Å². The Hall–Kier alpha value is -1.89. The molecule has 1 fully saturated rings. The molecule has 0 radical (unpaired) electrons. The number of nitrogens with one attached hydrogen (secondary N) is 1. The minimum atomic E-state index is -3.54. The lowest BCUT2D eigenvalue weighted by Crippen LogP contribution is -2.41. The lowest BCUT2D eigenvalue weighted by Gasteiger charge is -2.30. The van der Waals surface area contributed by atoms with Crippen molar-refractivity contribution in [2.24, 2.45) is 5.92 Å². The molecule has 2 aromatic rings. The van der Waals surface area contributed by atoms with Gasteiger partial charge in [0.15, 0.2) is 0 Å². The van der Waals surface area contributed by atoms with Gasteiger partial charge in [-0.25, -0.2) is 8.42 Å². The summed E-state index contributed by atoms with van der Waals surface area (Å²) in [4.78, 5) is 12.9. The molecule has 28 heavy (non-hydrogen) atoms. The molecule has 0 saturated carbocycles. The first kappa shape index (κ1) is 20.8. The van der Waals surface area contributed by atoms with E-state index in [1.807, 2.05) is 39.0 Å². The van der Waals surface area contributed by atoms with Gasteiger partial charge in [-0.15, -0.1) is 0 Å². The van der Waals surface area contributed by atoms with Crippen LogP contribution in [0.25, 0.3) is 0 Å². The molecule has 1 amide bonds. The number of nitrogens with zero attached hydrogens (tertiary/aromatic N) is 1. The summed E-state index contributed by atoms with van der Waals surface area (Å²) in [5.74, 6) is -0.311. The quantitative estimate of drug-likeness (QED) is 0.801. The fraction of sp³-hybridized carbons (Fsp3) is 0.381. The van der Waals surface area contributed by atoms with E-state index in [9.17, 15) is 13.2 Å². The highest BCUT2D eigenvalue weighted by molar-refractivity contribution is 7.89. The zero-order valence-electron chi connectivity index (χ0n) is 16.3. The first-order chi connectivity index (χ1) is 13.2. The number of hydrogen-bond donors (Lipinski definition) is 1. The summed E-state index contributed by atoms with van der Waals surface area (Å²) in [5, 5.41) is 3.49. The molecule has 1 saturated heterocycles. The molecule has 2 aromatic carbocycles. The molecular weight excluding hydrogens is 396 g/mol. The molecule has 0 aliphatic carbocycles. The first-order valence-corrected chi connectivity index (χ1v) is 11.1. The highest BCUT2D eigenvalue weighted by Crippen LogP contribution is 2.27. The Morgan fingerprint density at radius 3 is 2.25 bits per heavy atom. The second kappa shape index (κ2) is 8.23. The van der Waals surface area contributed by atoms with Gasteiger partial charge < -0.3 is 5.32 Å². The number of piperidine rings is 1. The average Bonchev–Trinajstić information content (AvgIpc) is 2.67. The van der Waals surface area contributed by atoms with E-state index >= 15 is 0 Å². The zero-order chi connectivity index (χ0) is 20.5. The van der Waals surface area contributed by atoms with Crippen LogP contribution in [0.1, 0.15) is 29.5 Å². The second-order valence-electron chi connectivity index (χ2n) is 7.38. The number of sulfonamides is 1. The molecule has 0 aromatic heterocycles. The Bertz CT molecular complexity index is 997. The van der Waals surface area contributed by atoms with E-state index in [1.165, 1.54) is 4.31 Å². The summed E-state index contributed by atoms with van der Waals surface area (Å²) >= 11 is 6.11. The van der Waals surface area contributed by atoms with E-state index < -0.39 is 10.0 Å². The average molecular weight is 421 g/mol. The van der Waals surface area contributed by atoms with Crippen LogP contribution >= 0.6 is 11.6 Å². The minimum absolute atomic E-state index is 0.0943. The standard InChI is InChI=1S/C21H25ClN2O3S/c1-14-5-7-19(12-16(14)3)28(26,27)24-10-8-17(9-11-24)21(25)23-18-6-4-15(2)20(22)13-18/h4-7,12-13,17H,8-11H2,1-3H3,(H,23,25). The summed E-state index contributed by atoms with van der Waals surface area (Å²) in [6.07, 6.45) is 0.991. The smallest absolute Gasteiger partial charge is 0.243 e. The highest BCUT2D eigenvalue weighted by atomic mass is 35.5. The summed E-state index contributed by atoms with van der Waals surface area (Å²) in [5.41, 5.74) is 3.62. The molecular formula is C21H25ClN2O3S. The predicted octanol–water partition coefficient (Wildman–Crippen LogP) is 4.30. The van der Waals surface area contributed by atoms with Crippen LogP contribution < -0.4 is 5.32 Å². The summed E-state index contributed by atoms with van der Waals surface area (Å²) in [6, 6.07) is 10.6. The van der Waals surface area contributed by atoms with E-state index in [4.69, 9.17) is 11.6 Å². The lowest BCUT2D eigenvalue weighted by molar-refractivity contribution is -0.120. The molecule has 5 nitrogen and oxygen atoms in total. The monoisotopic (exact) mass is 420 g/mol. The van der Waals surface area contributed by atoms with Crippen LogP contribution in [0.15, 0.2) is 41.3 Å². The topological polar surface area (TPSA) is 66.5 Å². The summed E-state index contributed by atoms with van der Waals surface area (Å²) in [6.45, 7) is 6.43.